The van der Waals surface area contributed by atoms with Crippen LogP contribution < -0.4 is 10.4 Å². The van der Waals surface area contributed by atoms with Gasteiger partial charge in [-0.3, -0.25) is 0 Å². The van der Waals surface area contributed by atoms with Crippen molar-refractivity contribution in [1.82, 2.24) is 0 Å². The minimum Gasteiger partial charge on any atom is -0.407 e. The molecule has 2 aromatic rings. The minimum atomic E-state index is -1.23. The maximum atomic E-state index is 9.48. The van der Waals surface area contributed by atoms with Crippen LogP contribution in [0, 0.1) is 5.92 Å². The molecule has 0 aromatic heterocycles. The highest BCUT2D eigenvalue weighted by atomic mass is 28.3. The van der Waals surface area contributed by atoms with Crippen molar-refractivity contribution < 1.29 is 9.53 Å². The van der Waals surface area contributed by atoms with Crippen LogP contribution in [0.2, 0.25) is 0 Å². The largest absolute Gasteiger partial charge is 0.407 e. The van der Waals surface area contributed by atoms with Gasteiger partial charge in [0.1, 0.15) is 0 Å². The van der Waals surface area contributed by atoms with Crippen LogP contribution in [0.15, 0.2) is 54.6 Å². The third-order valence-electron chi connectivity index (χ3n) is 4.72. The van der Waals surface area contributed by atoms with Crippen LogP contribution in [-0.4, -0.2) is 26.9 Å². The van der Waals surface area contributed by atoms with Gasteiger partial charge in [0, 0.05) is 6.61 Å². The van der Waals surface area contributed by atoms with Crippen molar-refractivity contribution in [1.29, 1.82) is 0 Å². The first-order chi connectivity index (χ1) is 11.4. The lowest BCUT2D eigenvalue weighted by atomic mass is 9.83. The number of aliphatic hydroxyl groups is 1. The number of hydrogen-bond donors (Lipinski definition) is 1. The van der Waals surface area contributed by atoms with Crippen molar-refractivity contribution in [2.24, 2.45) is 5.92 Å². The van der Waals surface area contributed by atoms with E-state index in [9.17, 15) is 5.11 Å². The van der Waals surface area contributed by atoms with Crippen LogP contribution in [0.3, 0.4) is 0 Å². The van der Waals surface area contributed by atoms with Gasteiger partial charge >= 0.3 is 0 Å². The average molecular weight is 340 g/mol. The average Bonchev–Trinajstić information content (AvgIpc) is 2.54. The summed E-state index contributed by atoms with van der Waals surface area (Å²) in [6.07, 6.45) is 1.65. The van der Waals surface area contributed by atoms with Crippen molar-refractivity contribution in [3.63, 3.8) is 0 Å². The molecule has 2 aromatic carbocycles. The third-order valence-corrected chi connectivity index (χ3v) is 6.89. The Morgan fingerprint density at radius 1 is 0.958 bits per heavy atom. The lowest BCUT2D eigenvalue weighted by Crippen LogP contribution is -2.47. The van der Waals surface area contributed by atoms with E-state index in [1.165, 1.54) is 15.9 Å². The molecule has 3 rings (SSSR count). The summed E-state index contributed by atoms with van der Waals surface area (Å²) in [6.45, 7) is 7.47. The predicted octanol–water partition coefficient (Wildman–Crippen LogP) is 2.88. The second-order valence-electron chi connectivity index (χ2n) is 7.82. The molecular weight excluding hydrogens is 312 g/mol. The topological polar surface area (TPSA) is 29.5 Å². The van der Waals surface area contributed by atoms with Crippen LogP contribution >= 0.6 is 0 Å². The monoisotopic (exact) mass is 339 g/mol. The lowest BCUT2D eigenvalue weighted by molar-refractivity contribution is 0.0205. The SMILES string of the molecule is CC(C)(C)c1ccc([Si](OCC2CC(O)C2)c2ccccc2)cc1. The van der Waals surface area contributed by atoms with E-state index in [1.807, 2.05) is 6.07 Å². The van der Waals surface area contributed by atoms with Crippen molar-refractivity contribution >= 4 is 19.4 Å². The summed E-state index contributed by atoms with van der Waals surface area (Å²) >= 11 is 0. The fourth-order valence-electron chi connectivity index (χ4n) is 3.08. The standard InChI is InChI=1S/C21H27O2Si/c1-21(2,3)17-9-11-20(12-10-17)24(19-7-5-4-6-8-19)23-15-16-13-18(22)14-16/h4-12,16,18,22H,13-15H2,1-3H3. The first-order valence-corrected chi connectivity index (χ1v) is 10.2. The van der Waals surface area contributed by atoms with Gasteiger partial charge in [-0.1, -0.05) is 75.4 Å². The molecule has 1 fully saturated rings. The van der Waals surface area contributed by atoms with Crippen LogP contribution in [-0.2, 0) is 9.84 Å². The van der Waals surface area contributed by atoms with Crippen LogP contribution in [0.5, 0.6) is 0 Å². The van der Waals surface area contributed by atoms with E-state index in [-0.39, 0.29) is 11.5 Å². The van der Waals surface area contributed by atoms with Gasteiger partial charge in [-0.25, -0.2) is 0 Å². The highest BCUT2D eigenvalue weighted by Crippen LogP contribution is 2.27. The van der Waals surface area contributed by atoms with E-state index >= 15 is 0 Å². The Hall–Kier alpha value is -1.42. The molecule has 0 aliphatic heterocycles. The van der Waals surface area contributed by atoms with E-state index in [2.05, 4.69) is 69.3 Å². The van der Waals surface area contributed by atoms with E-state index < -0.39 is 9.04 Å². The zero-order valence-electron chi connectivity index (χ0n) is 14.8. The van der Waals surface area contributed by atoms with Crippen molar-refractivity contribution in [3.8, 4) is 0 Å². The Labute approximate surface area is 147 Å². The second kappa shape index (κ2) is 7.22. The summed E-state index contributed by atoms with van der Waals surface area (Å²) in [6, 6.07) is 19.5. The zero-order chi connectivity index (χ0) is 17.2. The molecule has 0 amide bonds. The molecule has 0 atom stereocenters. The molecule has 1 aliphatic carbocycles. The number of rotatable bonds is 5. The van der Waals surface area contributed by atoms with Gasteiger partial charge in [-0.05, 0) is 40.1 Å². The summed E-state index contributed by atoms with van der Waals surface area (Å²) in [5, 5.41) is 12.1. The smallest absolute Gasteiger partial charge is 0.282 e. The maximum absolute atomic E-state index is 9.48. The van der Waals surface area contributed by atoms with Gasteiger partial charge in [0.05, 0.1) is 6.10 Å². The normalized spacial score (nSPS) is 20.9. The van der Waals surface area contributed by atoms with Gasteiger partial charge in [-0.2, -0.15) is 0 Å². The van der Waals surface area contributed by atoms with Crippen LogP contribution in [0.1, 0.15) is 39.2 Å². The molecule has 24 heavy (non-hydrogen) atoms. The molecule has 1 N–H and O–H groups in total. The van der Waals surface area contributed by atoms with Gasteiger partial charge in [-0.15, -0.1) is 0 Å². The number of aliphatic hydroxyl groups excluding tert-OH is 1. The quantitative estimate of drug-likeness (QED) is 0.849. The second-order valence-corrected chi connectivity index (χ2v) is 9.93. The Bertz CT molecular complexity index is 640. The maximum Gasteiger partial charge on any atom is 0.282 e. The first-order valence-electron chi connectivity index (χ1n) is 8.77. The zero-order valence-corrected chi connectivity index (χ0v) is 15.8. The molecule has 0 saturated heterocycles. The van der Waals surface area contributed by atoms with E-state index in [4.69, 9.17) is 4.43 Å². The van der Waals surface area contributed by atoms with Gasteiger partial charge in [0.15, 0.2) is 0 Å². The Kier molecular flexibility index (Phi) is 5.23. The summed E-state index contributed by atoms with van der Waals surface area (Å²) in [5.41, 5.74) is 1.52. The molecule has 0 unspecified atom stereocenters. The Balaban J connectivity index is 1.78. The molecule has 1 aliphatic rings. The van der Waals surface area contributed by atoms with Crippen molar-refractivity contribution in [2.75, 3.05) is 6.61 Å². The summed E-state index contributed by atoms with van der Waals surface area (Å²) in [4.78, 5) is 0. The van der Waals surface area contributed by atoms with E-state index in [1.54, 1.807) is 0 Å². The molecule has 0 heterocycles. The molecule has 1 saturated carbocycles. The Morgan fingerprint density at radius 2 is 1.54 bits per heavy atom. The van der Waals surface area contributed by atoms with Crippen molar-refractivity contribution in [3.05, 3.63) is 60.2 Å². The summed E-state index contributed by atoms with van der Waals surface area (Å²) in [5.74, 6) is 0.512. The molecule has 2 nitrogen and oxygen atoms in total. The first kappa shape index (κ1) is 17.4. The fraction of sp³-hybridized carbons (Fsp3) is 0.429. The summed E-state index contributed by atoms with van der Waals surface area (Å²) in [7, 11) is -1.23. The lowest BCUT2D eigenvalue weighted by Gasteiger charge is -2.32. The highest BCUT2D eigenvalue weighted by molar-refractivity contribution is 6.80. The van der Waals surface area contributed by atoms with Crippen LogP contribution in [0.4, 0.5) is 0 Å². The van der Waals surface area contributed by atoms with E-state index in [0.29, 0.717) is 5.92 Å². The molecule has 3 heteroatoms. The molecule has 127 valence electrons. The number of hydrogen-bond acceptors (Lipinski definition) is 2. The van der Waals surface area contributed by atoms with Crippen LogP contribution in [0.25, 0.3) is 0 Å². The van der Waals surface area contributed by atoms with E-state index in [0.717, 1.165) is 19.4 Å². The van der Waals surface area contributed by atoms with Gasteiger partial charge in [0.25, 0.3) is 9.04 Å². The van der Waals surface area contributed by atoms with Crippen molar-refractivity contribution in [2.45, 2.75) is 45.1 Å². The molecule has 0 bridgehead atoms. The Morgan fingerprint density at radius 3 is 2.08 bits per heavy atom. The number of benzene rings is 2. The molecule has 0 spiro atoms. The predicted molar refractivity (Wildman–Crippen MR) is 101 cm³/mol. The van der Waals surface area contributed by atoms with Gasteiger partial charge < -0.3 is 9.53 Å². The fourth-order valence-corrected chi connectivity index (χ4v) is 5.12. The third kappa shape index (κ3) is 4.15. The summed E-state index contributed by atoms with van der Waals surface area (Å²) < 4.78 is 6.38. The molecule has 1 radical (unpaired) electrons. The van der Waals surface area contributed by atoms with Gasteiger partial charge in [0.2, 0.25) is 0 Å². The minimum absolute atomic E-state index is 0.114. The molecular formula is C21H27O2Si. The highest BCUT2D eigenvalue weighted by Gasteiger charge is 2.29.